The topological polar surface area (TPSA) is 110 Å². The molecule has 33 heavy (non-hydrogen) atoms. The Morgan fingerprint density at radius 1 is 1.15 bits per heavy atom. The summed E-state index contributed by atoms with van der Waals surface area (Å²) in [6.45, 7) is 8.24. The van der Waals surface area contributed by atoms with Crippen LogP contribution in [0.3, 0.4) is 0 Å². The van der Waals surface area contributed by atoms with E-state index in [1.54, 1.807) is 13.1 Å². The van der Waals surface area contributed by atoms with Crippen molar-refractivity contribution < 1.29 is 14.4 Å². The summed E-state index contributed by atoms with van der Waals surface area (Å²) in [5.74, 6) is 0.944. The lowest BCUT2D eigenvalue weighted by Crippen LogP contribution is -2.29. The van der Waals surface area contributed by atoms with Crippen LogP contribution in [-0.2, 0) is 22.6 Å². The van der Waals surface area contributed by atoms with E-state index in [9.17, 15) is 14.4 Å². The zero-order valence-electron chi connectivity index (χ0n) is 19.4. The summed E-state index contributed by atoms with van der Waals surface area (Å²) in [5.41, 5.74) is 9.19. The van der Waals surface area contributed by atoms with Gasteiger partial charge in [-0.1, -0.05) is 13.8 Å². The highest BCUT2D eigenvalue weighted by atomic mass is 16.2. The van der Waals surface area contributed by atoms with Gasteiger partial charge in [0.1, 0.15) is 11.5 Å². The molecule has 1 saturated carbocycles. The first-order valence-electron chi connectivity index (χ1n) is 11.7. The standard InChI is InChI=1S/C25H31N5O3/c1-14(31)29-11-17-6-16(7-18(17)12-29)24(33)28-22-8-15(4-5-27-22)19-9-20(23(26)32)30-13-25(2,3)10-21(19)30/h4-5,8-9,16-18H,6-7,10-13H2,1-3H3,(H2,26,32)(H,27,28,33)/t16-,17-,18+. The predicted molar refractivity (Wildman–Crippen MR) is 124 cm³/mol. The smallest absolute Gasteiger partial charge is 0.265 e. The van der Waals surface area contributed by atoms with Crippen LogP contribution >= 0.6 is 0 Å². The molecule has 4 heterocycles. The molecule has 1 aliphatic carbocycles. The van der Waals surface area contributed by atoms with E-state index in [2.05, 4.69) is 24.1 Å². The van der Waals surface area contributed by atoms with Gasteiger partial charge in [-0.2, -0.15) is 0 Å². The van der Waals surface area contributed by atoms with E-state index in [4.69, 9.17) is 5.73 Å². The number of hydrogen-bond acceptors (Lipinski definition) is 4. The first kappa shape index (κ1) is 21.7. The number of rotatable bonds is 4. The van der Waals surface area contributed by atoms with Crippen molar-refractivity contribution >= 4 is 23.5 Å². The van der Waals surface area contributed by atoms with E-state index in [1.807, 2.05) is 27.7 Å². The highest BCUT2D eigenvalue weighted by Crippen LogP contribution is 2.42. The third kappa shape index (κ3) is 3.92. The second-order valence-corrected chi connectivity index (χ2v) is 10.7. The number of fused-ring (bicyclic) bond motifs is 2. The van der Waals surface area contributed by atoms with Gasteiger partial charge in [0.05, 0.1) is 0 Å². The monoisotopic (exact) mass is 449 g/mol. The number of anilines is 1. The number of nitrogens with zero attached hydrogens (tertiary/aromatic N) is 3. The first-order valence-corrected chi connectivity index (χ1v) is 11.7. The molecule has 3 amide bonds. The Morgan fingerprint density at radius 2 is 1.85 bits per heavy atom. The summed E-state index contributed by atoms with van der Waals surface area (Å²) in [7, 11) is 0. The highest BCUT2D eigenvalue weighted by molar-refractivity contribution is 5.95. The average molecular weight is 450 g/mol. The Balaban J connectivity index is 1.32. The average Bonchev–Trinajstić information content (AvgIpc) is 3.45. The molecule has 8 nitrogen and oxygen atoms in total. The van der Waals surface area contributed by atoms with Gasteiger partial charge in [-0.15, -0.1) is 0 Å². The second kappa shape index (κ2) is 7.71. The molecule has 2 aliphatic heterocycles. The van der Waals surface area contributed by atoms with Gasteiger partial charge in [-0.25, -0.2) is 4.98 Å². The molecule has 2 fully saturated rings. The molecule has 0 bridgehead atoms. The molecular formula is C25H31N5O3. The lowest BCUT2D eigenvalue weighted by atomic mass is 9.89. The number of amides is 3. The van der Waals surface area contributed by atoms with Crippen LogP contribution in [0.15, 0.2) is 24.4 Å². The number of carbonyl (C=O) groups is 3. The summed E-state index contributed by atoms with van der Waals surface area (Å²) < 4.78 is 2.03. The van der Waals surface area contributed by atoms with E-state index in [0.717, 1.165) is 55.7 Å². The molecule has 0 spiro atoms. The van der Waals surface area contributed by atoms with Crippen LogP contribution in [0.25, 0.3) is 11.1 Å². The minimum atomic E-state index is -0.432. The second-order valence-electron chi connectivity index (χ2n) is 10.7. The van der Waals surface area contributed by atoms with Crippen LogP contribution in [0.4, 0.5) is 5.82 Å². The van der Waals surface area contributed by atoms with E-state index in [0.29, 0.717) is 23.3 Å². The maximum atomic E-state index is 13.0. The van der Waals surface area contributed by atoms with E-state index in [1.165, 1.54) is 0 Å². The predicted octanol–water partition coefficient (Wildman–Crippen LogP) is 2.67. The molecule has 2 aromatic rings. The van der Waals surface area contributed by atoms with Gasteiger partial charge in [0, 0.05) is 49.9 Å². The Hall–Kier alpha value is -3.16. The van der Waals surface area contributed by atoms with Crippen LogP contribution in [0, 0.1) is 23.2 Å². The fourth-order valence-electron chi connectivity index (χ4n) is 6.02. The highest BCUT2D eigenvalue weighted by Gasteiger charge is 2.44. The van der Waals surface area contributed by atoms with Gasteiger partial charge in [-0.05, 0) is 60.3 Å². The minimum Gasteiger partial charge on any atom is -0.364 e. The van der Waals surface area contributed by atoms with Crippen LogP contribution in [-0.4, -0.2) is 45.3 Å². The fourth-order valence-corrected chi connectivity index (χ4v) is 6.02. The van der Waals surface area contributed by atoms with Crippen molar-refractivity contribution in [1.82, 2.24) is 14.5 Å². The fraction of sp³-hybridized carbons (Fsp3) is 0.520. The molecule has 0 radical (unpaired) electrons. The molecule has 2 aromatic heterocycles. The third-order valence-corrected chi connectivity index (χ3v) is 7.58. The van der Waals surface area contributed by atoms with Crippen molar-refractivity contribution in [3.63, 3.8) is 0 Å². The zero-order valence-corrected chi connectivity index (χ0v) is 19.4. The summed E-state index contributed by atoms with van der Waals surface area (Å²) >= 11 is 0. The molecule has 3 atom stereocenters. The van der Waals surface area contributed by atoms with Crippen molar-refractivity contribution in [2.75, 3.05) is 18.4 Å². The Kier molecular flexibility index (Phi) is 5.06. The van der Waals surface area contributed by atoms with Crippen LogP contribution in [0.5, 0.6) is 0 Å². The lowest BCUT2D eigenvalue weighted by molar-refractivity contribution is -0.128. The molecular weight excluding hydrogens is 418 g/mol. The van der Waals surface area contributed by atoms with Gasteiger partial charge in [0.15, 0.2) is 0 Å². The summed E-state index contributed by atoms with van der Waals surface area (Å²) in [5, 5.41) is 3.00. The number of primary amides is 1. The Morgan fingerprint density at radius 3 is 2.48 bits per heavy atom. The molecule has 0 unspecified atom stereocenters. The van der Waals surface area contributed by atoms with Crippen LogP contribution < -0.4 is 11.1 Å². The number of pyridine rings is 1. The number of likely N-dealkylation sites (tertiary alicyclic amines) is 1. The summed E-state index contributed by atoms with van der Waals surface area (Å²) in [6, 6.07) is 5.63. The van der Waals surface area contributed by atoms with Crippen molar-refractivity contribution in [1.29, 1.82) is 0 Å². The lowest BCUT2D eigenvalue weighted by Gasteiger charge is -2.17. The van der Waals surface area contributed by atoms with Crippen LogP contribution in [0.1, 0.15) is 49.8 Å². The molecule has 1 saturated heterocycles. The molecule has 3 aliphatic rings. The third-order valence-electron chi connectivity index (χ3n) is 7.58. The van der Waals surface area contributed by atoms with E-state index in [-0.39, 0.29) is 23.1 Å². The van der Waals surface area contributed by atoms with Gasteiger partial charge in [-0.3, -0.25) is 14.4 Å². The van der Waals surface area contributed by atoms with E-state index < -0.39 is 5.91 Å². The van der Waals surface area contributed by atoms with Crippen molar-refractivity contribution in [2.24, 2.45) is 28.9 Å². The molecule has 174 valence electrons. The minimum absolute atomic E-state index is 0.00973. The first-order chi connectivity index (χ1) is 15.6. The van der Waals surface area contributed by atoms with Crippen molar-refractivity contribution in [2.45, 2.75) is 46.6 Å². The maximum absolute atomic E-state index is 13.0. The van der Waals surface area contributed by atoms with Gasteiger partial charge < -0.3 is 20.5 Å². The number of nitrogens with one attached hydrogen (secondary N) is 1. The summed E-state index contributed by atoms with van der Waals surface area (Å²) in [4.78, 5) is 42.9. The molecule has 5 rings (SSSR count). The number of aromatic nitrogens is 2. The van der Waals surface area contributed by atoms with Crippen molar-refractivity contribution in [3.05, 3.63) is 35.8 Å². The normalized spacial score (nSPS) is 25.1. The molecule has 8 heteroatoms. The van der Waals surface area contributed by atoms with Gasteiger partial charge >= 0.3 is 0 Å². The van der Waals surface area contributed by atoms with Gasteiger partial charge in [0.25, 0.3) is 5.91 Å². The largest absolute Gasteiger partial charge is 0.364 e. The molecule has 3 N–H and O–H groups in total. The summed E-state index contributed by atoms with van der Waals surface area (Å²) in [6.07, 6.45) is 4.16. The quantitative estimate of drug-likeness (QED) is 0.748. The number of carbonyl (C=O) groups excluding carboxylic acids is 3. The maximum Gasteiger partial charge on any atom is 0.265 e. The van der Waals surface area contributed by atoms with Crippen molar-refractivity contribution in [3.8, 4) is 11.1 Å². The zero-order chi connectivity index (χ0) is 23.5. The van der Waals surface area contributed by atoms with Crippen LogP contribution in [0.2, 0.25) is 0 Å². The van der Waals surface area contributed by atoms with E-state index >= 15 is 0 Å². The number of nitrogens with two attached hydrogens (primary N) is 1. The SMILES string of the molecule is CC(=O)N1C[C@H]2C[C@@H](C(=O)Nc3cc(-c4cc(C(N)=O)n5c4CC(C)(C)C5)ccn3)C[C@H]2C1. The Bertz CT molecular complexity index is 1140. The molecule has 0 aromatic carbocycles. The van der Waals surface area contributed by atoms with Gasteiger partial charge in [0.2, 0.25) is 11.8 Å². The number of hydrogen-bond donors (Lipinski definition) is 2. The Labute approximate surface area is 193 Å².